The summed E-state index contributed by atoms with van der Waals surface area (Å²) in [5.74, 6) is -1.02. The van der Waals surface area contributed by atoms with Crippen LogP contribution in [0.15, 0.2) is 42.7 Å². The van der Waals surface area contributed by atoms with Gasteiger partial charge in [-0.3, -0.25) is 4.79 Å². The largest absolute Gasteiger partial charge is 0.480 e. The number of hydrogen-bond acceptors (Lipinski definition) is 7. The van der Waals surface area contributed by atoms with Crippen LogP contribution in [0.3, 0.4) is 0 Å². The fourth-order valence-electron chi connectivity index (χ4n) is 5.46. The quantitative estimate of drug-likeness (QED) is 0.381. The van der Waals surface area contributed by atoms with Gasteiger partial charge in [0.2, 0.25) is 0 Å². The van der Waals surface area contributed by atoms with E-state index in [9.17, 15) is 23.8 Å². The second-order valence-electron chi connectivity index (χ2n) is 9.87. The van der Waals surface area contributed by atoms with Gasteiger partial charge in [0.25, 0.3) is 0 Å². The Morgan fingerprint density at radius 2 is 1.95 bits per heavy atom. The van der Waals surface area contributed by atoms with Crippen molar-refractivity contribution >= 4 is 22.7 Å². The highest BCUT2D eigenvalue weighted by Crippen LogP contribution is 2.55. The van der Waals surface area contributed by atoms with Gasteiger partial charge in [-0.15, -0.1) is 0 Å². The molecule has 4 aromatic rings. The van der Waals surface area contributed by atoms with Gasteiger partial charge in [-0.2, -0.15) is 8.78 Å². The van der Waals surface area contributed by atoms with Gasteiger partial charge in [0, 0.05) is 47.3 Å². The zero-order chi connectivity index (χ0) is 26.9. The van der Waals surface area contributed by atoms with Crippen LogP contribution in [0, 0.1) is 5.82 Å². The number of halogens is 3. The van der Waals surface area contributed by atoms with Crippen molar-refractivity contribution in [2.75, 3.05) is 11.4 Å². The van der Waals surface area contributed by atoms with Crippen molar-refractivity contribution in [3.8, 4) is 16.9 Å². The van der Waals surface area contributed by atoms with Crippen LogP contribution in [-0.4, -0.2) is 48.9 Å². The maximum absolute atomic E-state index is 15.2. The standard InChI is InChI=1S/C26H22F3N5O4/c1-26(2,37)24-30-9-12(10-31-24)13-6-17-15(7-14(13)27)32-23-19-8-18(34(17)23)22-16(33(19)11-21(35)36)4-3-5-20(22)38-25(28)29/h3-7,9-10,18-19,25,37H,8,11H2,1-2H3,(H,35,36)/t18-,19-/m1/s1. The van der Waals surface area contributed by atoms with Crippen LogP contribution < -0.4 is 9.64 Å². The van der Waals surface area contributed by atoms with E-state index in [4.69, 9.17) is 4.74 Å². The van der Waals surface area contributed by atoms with Gasteiger partial charge >= 0.3 is 12.6 Å². The zero-order valence-electron chi connectivity index (χ0n) is 20.3. The third-order valence-corrected chi connectivity index (χ3v) is 6.96. The summed E-state index contributed by atoms with van der Waals surface area (Å²) in [6.45, 7) is -0.365. The molecule has 9 nitrogen and oxygen atoms in total. The number of carboxylic acids is 1. The summed E-state index contributed by atoms with van der Waals surface area (Å²) in [5.41, 5.74) is 1.10. The van der Waals surface area contributed by atoms with Crippen molar-refractivity contribution in [2.24, 2.45) is 0 Å². The molecule has 2 aliphatic rings. The van der Waals surface area contributed by atoms with Crippen molar-refractivity contribution in [1.29, 1.82) is 0 Å². The highest BCUT2D eigenvalue weighted by Gasteiger charge is 2.46. The highest BCUT2D eigenvalue weighted by molar-refractivity contribution is 5.85. The minimum Gasteiger partial charge on any atom is -0.480 e. The first-order valence-corrected chi connectivity index (χ1v) is 11.9. The molecule has 2 aliphatic heterocycles. The van der Waals surface area contributed by atoms with Crippen molar-refractivity contribution in [3.63, 3.8) is 0 Å². The number of anilines is 1. The van der Waals surface area contributed by atoms with Crippen molar-refractivity contribution < 1.29 is 32.9 Å². The van der Waals surface area contributed by atoms with Crippen LogP contribution in [0.5, 0.6) is 5.75 Å². The third-order valence-electron chi connectivity index (χ3n) is 6.96. The molecular weight excluding hydrogens is 503 g/mol. The number of carboxylic acid groups (broad SMARTS) is 1. The van der Waals surface area contributed by atoms with E-state index in [0.717, 1.165) is 0 Å². The van der Waals surface area contributed by atoms with Gasteiger partial charge in [-0.25, -0.2) is 19.3 Å². The molecule has 4 heterocycles. The first kappa shape index (κ1) is 24.2. The number of alkyl halides is 2. The number of hydrogen-bond donors (Lipinski definition) is 2. The summed E-state index contributed by atoms with van der Waals surface area (Å²) in [6.07, 6.45) is 3.23. The van der Waals surface area contributed by atoms with E-state index in [1.165, 1.54) is 24.5 Å². The van der Waals surface area contributed by atoms with Crippen LogP contribution in [0.1, 0.15) is 49.6 Å². The molecule has 0 saturated carbocycles. The summed E-state index contributed by atoms with van der Waals surface area (Å²) in [5, 5.41) is 19.7. The highest BCUT2D eigenvalue weighted by atomic mass is 19.3. The minimum absolute atomic E-state index is 0.0519. The van der Waals surface area contributed by atoms with Gasteiger partial charge < -0.3 is 24.4 Å². The van der Waals surface area contributed by atoms with Crippen LogP contribution in [-0.2, 0) is 10.4 Å². The molecule has 0 radical (unpaired) electrons. The number of fused-ring (bicyclic) bond motifs is 9. The Balaban J connectivity index is 1.53. The molecule has 0 fully saturated rings. The average molecular weight is 525 g/mol. The number of imidazole rings is 1. The number of nitrogens with zero attached hydrogens (tertiary/aromatic N) is 5. The van der Waals surface area contributed by atoms with E-state index in [1.54, 1.807) is 36.9 Å². The lowest BCUT2D eigenvalue weighted by atomic mass is 9.93. The maximum atomic E-state index is 15.2. The molecule has 2 atom stereocenters. The lowest BCUT2D eigenvalue weighted by Gasteiger charge is -2.36. The molecule has 2 N–H and O–H groups in total. The van der Waals surface area contributed by atoms with Crippen LogP contribution in [0.2, 0.25) is 0 Å². The van der Waals surface area contributed by atoms with E-state index in [0.29, 0.717) is 40.1 Å². The SMILES string of the molecule is CC(C)(O)c1ncc(-c2cc3c(cc2F)nc2n3[C@@H]3C[C@H]2N(CC(=O)O)c2cccc(OC(F)F)c23)cn1. The van der Waals surface area contributed by atoms with Gasteiger partial charge in [-0.1, -0.05) is 6.07 Å². The fraction of sp³-hybridized carbons (Fsp3) is 0.308. The molecule has 2 aromatic carbocycles. The van der Waals surface area contributed by atoms with Gasteiger partial charge in [0.1, 0.15) is 29.5 Å². The average Bonchev–Trinajstić information content (AvgIpc) is 3.35. The topological polar surface area (TPSA) is 114 Å². The van der Waals surface area contributed by atoms with Crippen molar-refractivity contribution in [1.82, 2.24) is 19.5 Å². The molecule has 38 heavy (non-hydrogen) atoms. The smallest absolute Gasteiger partial charge is 0.387 e. The molecule has 0 amide bonds. The number of benzene rings is 2. The Kier molecular flexibility index (Phi) is 5.35. The number of ether oxygens (including phenoxy) is 1. The lowest BCUT2D eigenvalue weighted by molar-refractivity contribution is -0.135. The minimum atomic E-state index is -3.07. The summed E-state index contributed by atoms with van der Waals surface area (Å²) in [7, 11) is 0. The second kappa shape index (κ2) is 8.42. The Labute approximate surface area is 214 Å². The molecule has 0 saturated heterocycles. The molecule has 0 spiro atoms. The molecule has 6 rings (SSSR count). The maximum Gasteiger partial charge on any atom is 0.387 e. The van der Waals surface area contributed by atoms with E-state index in [2.05, 4.69) is 15.0 Å². The predicted molar refractivity (Wildman–Crippen MR) is 130 cm³/mol. The molecular formula is C26H22F3N5O4. The summed E-state index contributed by atoms with van der Waals surface area (Å²) in [6, 6.07) is 6.58. The summed E-state index contributed by atoms with van der Waals surface area (Å²) >= 11 is 0. The van der Waals surface area contributed by atoms with Gasteiger partial charge in [0.15, 0.2) is 5.82 Å². The molecule has 0 aliphatic carbocycles. The van der Waals surface area contributed by atoms with Crippen LogP contribution in [0.25, 0.3) is 22.2 Å². The monoisotopic (exact) mass is 525 g/mol. The third kappa shape index (κ3) is 3.74. The number of aliphatic hydroxyl groups is 1. The first-order valence-electron chi connectivity index (χ1n) is 11.9. The first-order chi connectivity index (χ1) is 18.0. The van der Waals surface area contributed by atoms with Crippen LogP contribution in [0.4, 0.5) is 18.9 Å². The zero-order valence-corrected chi connectivity index (χ0v) is 20.3. The molecule has 0 unspecified atom stereocenters. The van der Waals surface area contributed by atoms with E-state index < -0.39 is 36.1 Å². The van der Waals surface area contributed by atoms with Crippen molar-refractivity contribution in [2.45, 2.75) is 44.6 Å². The Morgan fingerprint density at radius 3 is 2.61 bits per heavy atom. The summed E-state index contributed by atoms with van der Waals surface area (Å²) in [4.78, 5) is 26.3. The Hall–Kier alpha value is -4.19. The summed E-state index contributed by atoms with van der Waals surface area (Å²) < 4.78 is 48.5. The Morgan fingerprint density at radius 1 is 1.21 bits per heavy atom. The van der Waals surface area contributed by atoms with E-state index in [-0.39, 0.29) is 23.7 Å². The lowest BCUT2D eigenvalue weighted by Crippen LogP contribution is -2.36. The van der Waals surface area contributed by atoms with E-state index >= 15 is 4.39 Å². The number of rotatable bonds is 6. The second-order valence-corrected chi connectivity index (χ2v) is 9.87. The number of aromatic nitrogens is 4. The number of carbonyl (C=O) groups is 1. The van der Waals surface area contributed by atoms with Crippen molar-refractivity contribution in [3.05, 3.63) is 65.8 Å². The van der Waals surface area contributed by atoms with Gasteiger partial charge in [0.05, 0.1) is 23.1 Å². The molecule has 2 aromatic heterocycles. The van der Waals surface area contributed by atoms with Crippen LogP contribution >= 0.6 is 0 Å². The number of aliphatic carboxylic acids is 1. The van der Waals surface area contributed by atoms with Gasteiger partial charge in [-0.05, 0) is 32.0 Å². The molecule has 196 valence electrons. The Bertz CT molecular complexity index is 1580. The van der Waals surface area contributed by atoms with E-state index in [1.807, 2.05) is 4.57 Å². The fourth-order valence-corrected chi connectivity index (χ4v) is 5.46. The predicted octanol–water partition coefficient (Wildman–Crippen LogP) is 4.40. The normalized spacial score (nSPS) is 18.1. The molecule has 12 heteroatoms. The molecule has 2 bridgehead atoms.